The van der Waals surface area contributed by atoms with Gasteiger partial charge < -0.3 is 15.0 Å². The molecule has 4 rings (SSSR count). The lowest BCUT2D eigenvalue weighted by Gasteiger charge is -2.34. The Labute approximate surface area is 270 Å². The van der Waals surface area contributed by atoms with E-state index in [9.17, 15) is 18.0 Å². The molecule has 4 aromatic carbocycles. The highest BCUT2D eigenvalue weighted by molar-refractivity contribution is 7.92. The van der Waals surface area contributed by atoms with Crippen molar-refractivity contribution in [1.82, 2.24) is 10.2 Å². The van der Waals surface area contributed by atoms with E-state index in [-0.39, 0.29) is 35.5 Å². The molecule has 0 aromatic heterocycles. The third-order valence-electron chi connectivity index (χ3n) is 7.34. The third kappa shape index (κ3) is 8.65. The fraction of sp³-hybridized carbons (Fsp3) is 0.257. The van der Waals surface area contributed by atoms with Crippen molar-refractivity contribution in [2.45, 2.75) is 50.7 Å². The molecule has 45 heavy (non-hydrogen) atoms. The van der Waals surface area contributed by atoms with Crippen LogP contribution in [0.5, 0.6) is 5.75 Å². The number of benzene rings is 4. The molecule has 0 spiro atoms. The number of methoxy groups -OCH3 is 1. The second kappa shape index (κ2) is 15.1. The zero-order chi connectivity index (χ0) is 32.6. The number of rotatable bonds is 13. The fourth-order valence-electron chi connectivity index (χ4n) is 4.92. The Morgan fingerprint density at radius 2 is 1.49 bits per heavy atom. The molecule has 0 aliphatic carbocycles. The predicted molar refractivity (Wildman–Crippen MR) is 178 cm³/mol. The summed E-state index contributed by atoms with van der Waals surface area (Å²) in [6.07, 6.45) is 0.239. The van der Waals surface area contributed by atoms with Crippen LogP contribution in [0.15, 0.2) is 108 Å². The van der Waals surface area contributed by atoms with Crippen LogP contribution < -0.4 is 14.4 Å². The lowest BCUT2D eigenvalue weighted by atomic mass is 10.0. The maximum Gasteiger partial charge on any atom is 0.264 e. The first-order valence-corrected chi connectivity index (χ1v) is 16.4. The van der Waals surface area contributed by atoms with E-state index in [1.807, 2.05) is 75.4 Å². The second-order valence-corrected chi connectivity index (χ2v) is 13.3. The second-order valence-electron chi connectivity index (χ2n) is 11.0. The van der Waals surface area contributed by atoms with Crippen LogP contribution in [0.2, 0.25) is 5.02 Å². The van der Waals surface area contributed by atoms with E-state index in [1.54, 1.807) is 36.4 Å². The molecule has 4 aromatic rings. The molecule has 2 amide bonds. The van der Waals surface area contributed by atoms with Gasteiger partial charge in [0.05, 0.1) is 17.7 Å². The van der Waals surface area contributed by atoms with E-state index in [2.05, 4.69) is 5.32 Å². The molecule has 0 fully saturated rings. The molecule has 1 unspecified atom stereocenters. The first-order valence-electron chi connectivity index (χ1n) is 14.6. The molecule has 10 heteroatoms. The van der Waals surface area contributed by atoms with Gasteiger partial charge in [-0.15, -0.1) is 0 Å². The summed E-state index contributed by atoms with van der Waals surface area (Å²) in [5.41, 5.74) is 2.91. The molecule has 8 nitrogen and oxygen atoms in total. The number of hydrogen-bond acceptors (Lipinski definition) is 5. The molecule has 0 aliphatic rings. The number of ether oxygens (including phenoxy) is 1. The Hall–Kier alpha value is -4.34. The first kappa shape index (κ1) is 33.6. The summed E-state index contributed by atoms with van der Waals surface area (Å²) in [5.74, 6) is -0.371. The molecule has 0 heterocycles. The summed E-state index contributed by atoms with van der Waals surface area (Å²) >= 11 is 6.14. The summed E-state index contributed by atoms with van der Waals surface area (Å²) in [4.78, 5) is 29.8. The van der Waals surface area contributed by atoms with Crippen LogP contribution >= 0.6 is 11.6 Å². The fourth-order valence-corrected chi connectivity index (χ4v) is 6.46. The minimum absolute atomic E-state index is 0.0186. The van der Waals surface area contributed by atoms with Crippen LogP contribution in [0, 0.1) is 6.92 Å². The zero-order valence-corrected chi connectivity index (χ0v) is 27.4. The van der Waals surface area contributed by atoms with Gasteiger partial charge >= 0.3 is 0 Å². The molecule has 236 valence electrons. The standard InChI is InChI=1S/C35H38ClN3O5S/c1-25(2)37-35(41)33(22-27-11-6-5-7-12-27)38(23-28-13-9-8-10-26(28)3)34(40)24-39(30-16-14-29(36)15-17-30)45(42,43)32-20-18-31(44-4)19-21-32/h5-21,25,33H,22-24H2,1-4H3,(H,37,41). The predicted octanol–water partition coefficient (Wildman–Crippen LogP) is 6.02. The van der Waals surface area contributed by atoms with E-state index >= 15 is 0 Å². The average Bonchev–Trinajstić information content (AvgIpc) is 3.03. The SMILES string of the molecule is COc1ccc(S(=O)(=O)N(CC(=O)N(Cc2ccccc2C)C(Cc2ccccc2)C(=O)NC(C)C)c2ccc(Cl)cc2)cc1. The molecule has 1 N–H and O–H groups in total. The van der Waals surface area contributed by atoms with Crippen LogP contribution in [0.25, 0.3) is 0 Å². The van der Waals surface area contributed by atoms with E-state index in [0.717, 1.165) is 21.0 Å². The van der Waals surface area contributed by atoms with Crippen molar-refractivity contribution in [2.75, 3.05) is 18.0 Å². The Morgan fingerprint density at radius 1 is 0.867 bits per heavy atom. The van der Waals surface area contributed by atoms with Crippen LogP contribution in [0.3, 0.4) is 0 Å². The smallest absolute Gasteiger partial charge is 0.264 e. The number of sulfonamides is 1. The van der Waals surface area contributed by atoms with Gasteiger partial charge in [0.25, 0.3) is 10.0 Å². The normalized spacial score (nSPS) is 12.0. The minimum atomic E-state index is -4.24. The van der Waals surface area contributed by atoms with Crippen molar-refractivity contribution in [3.05, 3.63) is 125 Å². The monoisotopic (exact) mass is 647 g/mol. The molecule has 0 saturated carbocycles. The summed E-state index contributed by atoms with van der Waals surface area (Å²) in [6.45, 7) is 5.20. The number of hydrogen-bond donors (Lipinski definition) is 1. The quantitative estimate of drug-likeness (QED) is 0.192. The van der Waals surface area contributed by atoms with Crippen molar-refractivity contribution in [1.29, 1.82) is 0 Å². The molecule has 0 saturated heterocycles. The number of amides is 2. The molecule has 0 aliphatic heterocycles. The number of aryl methyl sites for hydroxylation is 1. The third-order valence-corrected chi connectivity index (χ3v) is 9.38. The Bertz CT molecular complexity index is 1700. The van der Waals surface area contributed by atoms with Gasteiger partial charge in [0.2, 0.25) is 11.8 Å². The van der Waals surface area contributed by atoms with Gasteiger partial charge in [-0.1, -0.05) is 66.2 Å². The highest BCUT2D eigenvalue weighted by Crippen LogP contribution is 2.27. The molecule has 1 atom stereocenters. The summed E-state index contributed by atoms with van der Waals surface area (Å²) in [7, 11) is -2.75. The van der Waals surface area contributed by atoms with Gasteiger partial charge in [0.15, 0.2) is 0 Å². The van der Waals surface area contributed by atoms with E-state index < -0.39 is 28.5 Å². The van der Waals surface area contributed by atoms with Crippen LogP contribution in [0.4, 0.5) is 5.69 Å². The Morgan fingerprint density at radius 3 is 2.09 bits per heavy atom. The number of carbonyl (C=O) groups excluding carboxylic acids is 2. The number of anilines is 1. The highest BCUT2D eigenvalue weighted by Gasteiger charge is 2.35. The van der Waals surface area contributed by atoms with Gasteiger partial charge in [-0.05, 0) is 86.0 Å². The van der Waals surface area contributed by atoms with Crippen LogP contribution in [-0.2, 0) is 32.6 Å². The van der Waals surface area contributed by atoms with Crippen molar-refractivity contribution >= 4 is 39.1 Å². The van der Waals surface area contributed by atoms with Gasteiger partial charge in [-0.2, -0.15) is 0 Å². The minimum Gasteiger partial charge on any atom is -0.497 e. The lowest BCUT2D eigenvalue weighted by molar-refractivity contribution is -0.140. The first-order chi connectivity index (χ1) is 21.5. The van der Waals surface area contributed by atoms with Gasteiger partial charge in [0, 0.05) is 24.0 Å². The van der Waals surface area contributed by atoms with Gasteiger partial charge in [-0.25, -0.2) is 8.42 Å². The highest BCUT2D eigenvalue weighted by atomic mass is 35.5. The average molecular weight is 648 g/mol. The number of halogens is 1. The number of nitrogens with zero attached hydrogens (tertiary/aromatic N) is 2. The van der Waals surface area contributed by atoms with Crippen molar-refractivity contribution < 1.29 is 22.7 Å². The van der Waals surface area contributed by atoms with Crippen LogP contribution in [0.1, 0.15) is 30.5 Å². The maximum absolute atomic E-state index is 14.5. The van der Waals surface area contributed by atoms with Crippen molar-refractivity contribution in [3.63, 3.8) is 0 Å². The topological polar surface area (TPSA) is 96.0 Å². The number of nitrogens with one attached hydrogen (secondary N) is 1. The van der Waals surface area contributed by atoms with E-state index in [4.69, 9.17) is 16.3 Å². The summed E-state index contributed by atoms with van der Waals surface area (Å²) in [6, 6.07) is 28.2. The zero-order valence-electron chi connectivity index (χ0n) is 25.8. The Kier molecular flexibility index (Phi) is 11.3. The molecule has 0 radical (unpaired) electrons. The maximum atomic E-state index is 14.5. The van der Waals surface area contributed by atoms with Crippen molar-refractivity contribution in [3.8, 4) is 5.75 Å². The van der Waals surface area contributed by atoms with Gasteiger partial charge in [0.1, 0.15) is 18.3 Å². The van der Waals surface area contributed by atoms with Crippen molar-refractivity contribution in [2.24, 2.45) is 0 Å². The Balaban J connectivity index is 1.81. The molecular weight excluding hydrogens is 610 g/mol. The number of carbonyl (C=O) groups is 2. The summed E-state index contributed by atoms with van der Waals surface area (Å²) < 4.78 is 34.5. The molecular formula is C35H38ClN3O5S. The van der Waals surface area contributed by atoms with Gasteiger partial charge in [-0.3, -0.25) is 13.9 Å². The molecule has 0 bridgehead atoms. The largest absolute Gasteiger partial charge is 0.497 e. The van der Waals surface area contributed by atoms with Crippen LogP contribution in [-0.4, -0.2) is 50.9 Å². The van der Waals surface area contributed by atoms with E-state index in [0.29, 0.717) is 10.8 Å². The lowest BCUT2D eigenvalue weighted by Crippen LogP contribution is -2.54. The van der Waals surface area contributed by atoms with E-state index in [1.165, 1.54) is 24.1 Å². The summed E-state index contributed by atoms with van der Waals surface area (Å²) in [5, 5.41) is 3.38.